The van der Waals surface area contributed by atoms with Crippen LogP contribution in [-0.4, -0.2) is 34.7 Å². The van der Waals surface area contributed by atoms with Gasteiger partial charge in [0.1, 0.15) is 18.1 Å². The summed E-state index contributed by atoms with van der Waals surface area (Å²) < 4.78 is 10.8. The van der Waals surface area contributed by atoms with Crippen molar-refractivity contribution in [1.29, 1.82) is 0 Å². The van der Waals surface area contributed by atoms with E-state index in [1.807, 2.05) is 12.1 Å². The van der Waals surface area contributed by atoms with Gasteiger partial charge < -0.3 is 24.3 Å². The number of methoxy groups -OCH3 is 1. The third-order valence-corrected chi connectivity index (χ3v) is 4.06. The van der Waals surface area contributed by atoms with Gasteiger partial charge in [0.2, 0.25) is 0 Å². The van der Waals surface area contributed by atoms with E-state index in [-0.39, 0.29) is 29.0 Å². The van der Waals surface area contributed by atoms with E-state index in [1.165, 1.54) is 18.2 Å². The number of hydrogen-bond donors (Lipinski definition) is 2. The van der Waals surface area contributed by atoms with Crippen LogP contribution in [0, 0.1) is 0 Å². The number of phenols is 2. The lowest BCUT2D eigenvalue weighted by Crippen LogP contribution is -2.30. The average Bonchev–Trinajstić information content (AvgIpc) is 3.18. The second-order valence-corrected chi connectivity index (χ2v) is 5.57. The van der Waals surface area contributed by atoms with Crippen molar-refractivity contribution in [3.8, 4) is 11.5 Å². The Morgan fingerprint density at radius 1 is 1.35 bits per heavy atom. The van der Waals surface area contributed by atoms with Crippen LogP contribution in [0.1, 0.15) is 40.8 Å². The van der Waals surface area contributed by atoms with Gasteiger partial charge in [-0.05, 0) is 37.1 Å². The molecule has 2 N–H and O–H groups in total. The number of likely N-dealkylation sites (tertiary alicyclic amines) is 1. The lowest BCUT2D eigenvalue weighted by Gasteiger charge is -2.23. The molecule has 1 atom stereocenters. The van der Waals surface area contributed by atoms with Crippen LogP contribution in [0.5, 0.6) is 11.5 Å². The van der Waals surface area contributed by atoms with E-state index < -0.39 is 0 Å². The van der Waals surface area contributed by atoms with Gasteiger partial charge in [0.15, 0.2) is 11.5 Å². The van der Waals surface area contributed by atoms with Gasteiger partial charge in [0.25, 0.3) is 5.91 Å². The highest BCUT2D eigenvalue weighted by Gasteiger charge is 2.34. The number of hydrogen-bond acceptors (Lipinski definition) is 5. The maximum atomic E-state index is 12.7. The van der Waals surface area contributed by atoms with E-state index in [4.69, 9.17) is 9.15 Å². The maximum Gasteiger partial charge on any atom is 0.258 e. The fraction of sp³-hybridized carbons (Fsp3) is 0.353. The lowest BCUT2D eigenvalue weighted by molar-refractivity contribution is 0.0712. The third-order valence-electron chi connectivity index (χ3n) is 4.06. The summed E-state index contributed by atoms with van der Waals surface area (Å²) in [5, 5.41) is 19.5. The first kappa shape index (κ1) is 15.4. The molecule has 122 valence electrons. The fourth-order valence-corrected chi connectivity index (χ4v) is 2.96. The molecule has 1 aromatic heterocycles. The number of nitrogens with zero attached hydrogens (tertiary/aromatic N) is 1. The van der Waals surface area contributed by atoms with Gasteiger partial charge in [-0.3, -0.25) is 4.79 Å². The number of para-hydroxylation sites is 1. The van der Waals surface area contributed by atoms with Gasteiger partial charge in [-0.25, -0.2) is 0 Å². The second-order valence-electron chi connectivity index (χ2n) is 5.57. The quantitative estimate of drug-likeness (QED) is 0.847. The molecule has 3 rings (SSSR count). The Kier molecular flexibility index (Phi) is 4.25. The maximum absolute atomic E-state index is 12.7. The summed E-state index contributed by atoms with van der Waals surface area (Å²) in [6.07, 6.45) is 1.65. The Bertz CT molecular complexity index is 709. The normalized spacial score (nSPS) is 17.6. The van der Waals surface area contributed by atoms with Crippen LogP contribution in [0.3, 0.4) is 0 Å². The van der Waals surface area contributed by atoms with Crippen molar-refractivity contribution in [2.24, 2.45) is 0 Å². The van der Waals surface area contributed by atoms with Gasteiger partial charge in [0.05, 0.1) is 11.6 Å². The largest absolute Gasteiger partial charge is 0.504 e. The summed E-state index contributed by atoms with van der Waals surface area (Å²) in [5.41, 5.74) is 0.0978. The Hall–Kier alpha value is -2.47. The fourth-order valence-electron chi connectivity index (χ4n) is 2.96. The highest BCUT2D eigenvalue weighted by atomic mass is 16.5. The minimum Gasteiger partial charge on any atom is -0.504 e. The van der Waals surface area contributed by atoms with E-state index in [0.717, 1.165) is 12.8 Å². The molecule has 0 spiro atoms. The number of rotatable bonds is 4. The number of aromatic hydroxyl groups is 2. The number of furan rings is 1. The first-order chi connectivity index (χ1) is 11.1. The number of amides is 1. The monoisotopic (exact) mass is 317 g/mol. The standard InChI is InChI=1S/C17H19NO5/c1-22-10-11-7-8-15(23-11)13-5-3-9-18(13)17(21)12-4-2-6-14(19)16(12)20/h2,4,6-8,13,19-20H,3,5,9-10H2,1H3/t13-/m1/s1. The molecule has 1 amide bonds. The Morgan fingerprint density at radius 3 is 2.96 bits per heavy atom. The summed E-state index contributed by atoms with van der Waals surface area (Å²) in [7, 11) is 1.60. The van der Waals surface area contributed by atoms with Gasteiger partial charge in [0, 0.05) is 13.7 Å². The molecule has 0 radical (unpaired) electrons. The minimum atomic E-state index is -0.386. The molecule has 1 saturated heterocycles. The van der Waals surface area contributed by atoms with E-state index in [9.17, 15) is 15.0 Å². The van der Waals surface area contributed by atoms with Gasteiger partial charge >= 0.3 is 0 Å². The van der Waals surface area contributed by atoms with Crippen LogP contribution < -0.4 is 0 Å². The van der Waals surface area contributed by atoms with Crippen LogP contribution in [-0.2, 0) is 11.3 Å². The van der Waals surface area contributed by atoms with Crippen molar-refractivity contribution in [2.45, 2.75) is 25.5 Å². The van der Waals surface area contributed by atoms with Crippen LogP contribution in [0.2, 0.25) is 0 Å². The average molecular weight is 317 g/mol. The molecule has 1 aromatic carbocycles. The van der Waals surface area contributed by atoms with Crippen LogP contribution >= 0.6 is 0 Å². The molecule has 0 saturated carbocycles. The third kappa shape index (κ3) is 2.90. The van der Waals surface area contributed by atoms with Crippen LogP contribution in [0.4, 0.5) is 0 Å². The van der Waals surface area contributed by atoms with Gasteiger partial charge in [-0.15, -0.1) is 0 Å². The lowest BCUT2D eigenvalue weighted by atomic mass is 10.1. The highest BCUT2D eigenvalue weighted by Crippen LogP contribution is 2.37. The zero-order valence-electron chi connectivity index (χ0n) is 12.9. The van der Waals surface area contributed by atoms with E-state index in [2.05, 4.69) is 0 Å². The van der Waals surface area contributed by atoms with E-state index >= 15 is 0 Å². The number of phenolic OH excluding ortho intramolecular Hbond substituents is 2. The van der Waals surface area contributed by atoms with Crippen LogP contribution in [0.15, 0.2) is 34.7 Å². The zero-order valence-corrected chi connectivity index (χ0v) is 12.9. The van der Waals surface area contributed by atoms with Gasteiger partial charge in [-0.2, -0.15) is 0 Å². The number of carbonyl (C=O) groups is 1. The van der Waals surface area contributed by atoms with Crippen LogP contribution in [0.25, 0.3) is 0 Å². The molecule has 0 bridgehead atoms. The first-order valence-electron chi connectivity index (χ1n) is 7.51. The number of carbonyl (C=O) groups excluding carboxylic acids is 1. The van der Waals surface area contributed by atoms with E-state index in [1.54, 1.807) is 12.0 Å². The molecular weight excluding hydrogens is 298 g/mol. The molecular formula is C17H19NO5. The SMILES string of the molecule is COCc1ccc([C@H]2CCCN2C(=O)c2cccc(O)c2O)o1. The molecule has 0 aliphatic carbocycles. The summed E-state index contributed by atoms with van der Waals surface area (Å²) in [5.74, 6) is 0.421. The summed E-state index contributed by atoms with van der Waals surface area (Å²) in [6.45, 7) is 0.965. The molecule has 0 unspecified atom stereocenters. The smallest absolute Gasteiger partial charge is 0.258 e. The topological polar surface area (TPSA) is 83.1 Å². The molecule has 1 fully saturated rings. The van der Waals surface area contributed by atoms with Crippen molar-refractivity contribution in [1.82, 2.24) is 4.90 Å². The molecule has 6 heteroatoms. The molecule has 23 heavy (non-hydrogen) atoms. The van der Waals surface area contributed by atoms with Crippen molar-refractivity contribution < 1.29 is 24.2 Å². The van der Waals surface area contributed by atoms with Crippen molar-refractivity contribution in [2.75, 3.05) is 13.7 Å². The zero-order chi connectivity index (χ0) is 16.4. The summed E-state index contributed by atoms with van der Waals surface area (Å²) >= 11 is 0. The number of ether oxygens (including phenoxy) is 1. The van der Waals surface area contributed by atoms with Gasteiger partial charge in [-0.1, -0.05) is 6.07 Å². The second kappa shape index (κ2) is 6.34. The Morgan fingerprint density at radius 2 is 2.17 bits per heavy atom. The highest BCUT2D eigenvalue weighted by molar-refractivity contribution is 5.98. The van der Waals surface area contributed by atoms with Crippen molar-refractivity contribution >= 4 is 5.91 Å². The predicted octanol–water partition coefficient (Wildman–Crippen LogP) is 2.81. The molecule has 1 aliphatic rings. The van der Waals surface area contributed by atoms with Crippen molar-refractivity contribution in [3.05, 3.63) is 47.4 Å². The molecule has 1 aliphatic heterocycles. The summed E-state index contributed by atoms with van der Waals surface area (Å²) in [4.78, 5) is 14.4. The minimum absolute atomic E-state index is 0.0978. The Balaban J connectivity index is 1.85. The predicted molar refractivity (Wildman–Crippen MR) is 82.2 cm³/mol. The summed E-state index contributed by atoms with van der Waals surface area (Å²) in [6, 6.07) is 7.91. The van der Waals surface area contributed by atoms with Crippen molar-refractivity contribution in [3.63, 3.8) is 0 Å². The molecule has 6 nitrogen and oxygen atoms in total. The number of benzene rings is 1. The first-order valence-corrected chi connectivity index (χ1v) is 7.51. The van der Waals surface area contributed by atoms with E-state index in [0.29, 0.717) is 24.7 Å². The molecule has 2 aromatic rings. The Labute approximate surface area is 133 Å². The molecule has 2 heterocycles.